The Labute approximate surface area is 216 Å². The zero-order valence-corrected chi connectivity index (χ0v) is 21.1. The number of carboxylic acid groups (broad SMARTS) is 1. The van der Waals surface area contributed by atoms with Gasteiger partial charge >= 0.3 is 5.97 Å². The number of benzene rings is 2. The SMILES string of the molecule is Cc1ccc(-c2noc(C3CC3)c2CO[C@@H]2C[C@@H]3C[C@H]2CN3c2nc3c(F)cc(C(=O)O)cc3s2)cc1. The fraction of sp³-hybridized carbons (Fsp3) is 0.393. The lowest BCUT2D eigenvalue weighted by atomic mass is 10.0. The van der Waals surface area contributed by atoms with Crippen LogP contribution in [0.25, 0.3) is 21.5 Å². The predicted molar refractivity (Wildman–Crippen MR) is 138 cm³/mol. The average molecular weight is 520 g/mol. The van der Waals surface area contributed by atoms with Crippen molar-refractivity contribution in [2.45, 2.75) is 57.3 Å². The number of halogens is 1. The number of aromatic nitrogens is 2. The summed E-state index contributed by atoms with van der Waals surface area (Å²) in [6, 6.07) is 11.2. The maximum absolute atomic E-state index is 14.5. The lowest BCUT2D eigenvalue weighted by molar-refractivity contribution is 0.0122. The quantitative estimate of drug-likeness (QED) is 0.313. The molecule has 0 radical (unpaired) electrons. The third-order valence-corrected chi connectivity index (χ3v) is 8.98. The lowest BCUT2D eigenvalue weighted by Crippen LogP contribution is -2.38. The van der Waals surface area contributed by atoms with Gasteiger partial charge in [-0.1, -0.05) is 46.3 Å². The Hall–Kier alpha value is -3.30. The van der Waals surface area contributed by atoms with E-state index in [1.165, 1.54) is 23.0 Å². The molecule has 1 N–H and O–H groups in total. The second-order valence-corrected chi connectivity index (χ2v) is 11.5. The summed E-state index contributed by atoms with van der Waals surface area (Å²) in [7, 11) is 0. The minimum Gasteiger partial charge on any atom is -0.478 e. The molecular weight excluding hydrogens is 493 g/mol. The first kappa shape index (κ1) is 22.9. The normalized spacial score (nSPS) is 22.9. The number of carbonyl (C=O) groups is 1. The van der Waals surface area contributed by atoms with Crippen molar-refractivity contribution in [3.8, 4) is 11.3 Å². The first-order valence-corrected chi connectivity index (χ1v) is 13.5. The van der Waals surface area contributed by atoms with E-state index >= 15 is 0 Å². The fourth-order valence-electron chi connectivity index (χ4n) is 5.82. The maximum atomic E-state index is 14.5. The smallest absolute Gasteiger partial charge is 0.335 e. The Morgan fingerprint density at radius 1 is 1.24 bits per heavy atom. The van der Waals surface area contributed by atoms with Gasteiger partial charge in [-0.3, -0.25) is 0 Å². The van der Waals surface area contributed by atoms with E-state index in [2.05, 4.69) is 46.2 Å². The summed E-state index contributed by atoms with van der Waals surface area (Å²) in [5.41, 5.74) is 4.39. The Bertz CT molecular complexity index is 1510. The third-order valence-electron chi connectivity index (χ3n) is 7.94. The van der Waals surface area contributed by atoms with Gasteiger partial charge < -0.3 is 19.3 Å². The van der Waals surface area contributed by atoms with Crippen molar-refractivity contribution in [2.75, 3.05) is 11.4 Å². The van der Waals surface area contributed by atoms with Crippen LogP contribution in [0.15, 0.2) is 40.9 Å². The molecule has 2 aromatic heterocycles. The first-order chi connectivity index (χ1) is 17.9. The van der Waals surface area contributed by atoms with Gasteiger partial charge in [-0.25, -0.2) is 14.2 Å². The number of piperidine rings is 1. The first-order valence-electron chi connectivity index (χ1n) is 12.7. The summed E-state index contributed by atoms with van der Waals surface area (Å²) in [6.45, 7) is 3.35. The van der Waals surface area contributed by atoms with Crippen LogP contribution in [0, 0.1) is 18.7 Å². The largest absolute Gasteiger partial charge is 0.478 e. The van der Waals surface area contributed by atoms with E-state index in [0.717, 1.165) is 66.0 Å². The van der Waals surface area contributed by atoms with E-state index in [-0.39, 0.29) is 23.2 Å². The highest BCUT2D eigenvalue weighted by Crippen LogP contribution is 2.47. The molecule has 37 heavy (non-hydrogen) atoms. The van der Waals surface area contributed by atoms with E-state index in [9.17, 15) is 14.3 Å². The third kappa shape index (κ3) is 4.01. The van der Waals surface area contributed by atoms with Crippen molar-refractivity contribution in [1.29, 1.82) is 0 Å². The number of carboxylic acids is 1. The summed E-state index contributed by atoms with van der Waals surface area (Å²) in [6.07, 6.45) is 4.30. The molecule has 3 atom stereocenters. The van der Waals surface area contributed by atoms with E-state index in [1.807, 2.05) is 0 Å². The van der Waals surface area contributed by atoms with Crippen molar-refractivity contribution >= 4 is 32.7 Å². The molecule has 3 heterocycles. The fourth-order valence-corrected chi connectivity index (χ4v) is 6.92. The monoisotopic (exact) mass is 519 g/mol. The molecule has 0 unspecified atom stereocenters. The summed E-state index contributed by atoms with van der Waals surface area (Å²) < 4.78 is 27.4. The van der Waals surface area contributed by atoms with Crippen LogP contribution in [0.4, 0.5) is 9.52 Å². The molecule has 2 bridgehead atoms. The number of hydrogen-bond acceptors (Lipinski definition) is 7. The van der Waals surface area contributed by atoms with Crippen molar-refractivity contribution in [3.05, 3.63) is 64.7 Å². The zero-order valence-electron chi connectivity index (χ0n) is 20.3. The number of aryl methyl sites for hydroxylation is 1. The molecule has 9 heteroatoms. The minimum absolute atomic E-state index is 0.0547. The van der Waals surface area contributed by atoms with E-state index in [0.29, 0.717) is 23.1 Å². The molecule has 3 aliphatic rings. The molecular formula is C28H26FN3O4S. The minimum atomic E-state index is -1.14. The Morgan fingerprint density at radius 2 is 2.05 bits per heavy atom. The van der Waals surface area contributed by atoms with E-state index < -0.39 is 11.8 Å². The summed E-state index contributed by atoms with van der Waals surface area (Å²) in [4.78, 5) is 18.1. The number of anilines is 1. The molecule has 0 spiro atoms. The van der Waals surface area contributed by atoms with Crippen LogP contribution in [-0.2, 0) is 11.3 Å². The Morgan fingerprint density at radius 3 is 2.76 bits per heavy atom. The van der Waals surface area contributed by atoms with Gasteiger partial charge in [0, 0.05) is 35.5 Å². The van der Waals surface area contributed by atoms with Crippen LogP contribution in [0.5, 0.6) is 0 Å². The van der Waals surface area contributed by atoms with Crippen LogP contribution in [0.3, 0.4) is 0 Å². The molecule has 2 aliphatic carbocycles. The van der Waals surface area contributed by atoms with Crippen molar-refractivity contribution in [2.24, 2.45) is 5.92 Å². The Kier molecular flexibility index (Phi) is 5.33. The zero-order chi connectivity index (χ0) is 25.3. The molecule has 2 saturated carbocycles. The molecule has 190 valence electrons. The number of aromatic carboxylic acids is 1. The standard InChI is InChI=1S/C28H26FN3O4S/c1-14-2-4-15(5-3-14)24-20(26(36-31-24)16-6-7-16)13-35-22-11-19-8-18(22)12-32(19)28-30-25-21(29)9-17(27(33)34)10-23(25)37-28/h2-5,9-10,16,18-19,22H,6-8,11-13H2,1H3,(H,33,34)/t18-,19-,22+/m0/s1. The van der Waals surface area contributed by atoms with Gasteiger partial charge in [-0.05, 0) is 44.7 Å². The number of fused-ring (bicyclic) bond motifs is 3. The van der Waals surface area contributed by atoms with Crippen LogP contribution in [0.2, 0.25) is 0 Å². The van der Waals surface area contributed by atoms with Gasteiger partial charge in [0.05, 0.1) is 23.0 Å². The van der Waals surface area contributed by atoms with Crippen LogP contribution < -0.4 is 4.90 Å². The summed E-state index contributed by atoms with van der Waals surface area (Å²) in [5.74, 6) is 0.0506. The topological polar surface area (TPSA) is 88.7 Å². The molecule has 4 aromatic rings. The molecule has 2 aromatic carbocycles. The highest BCUT2D eigenvalue weighted by Gasteiger charge is 2.46. The molecule has 7 rings (SSSR count). The summed E-state index contributed by atoms with van der Waals surface area (Å²) in [5, 5.41) is 14.4. The van der Waals surface area contributed by atoms with Gasteiger partial charge in [-0.15, -0.1) is 0 Å². The van der Waals surface area contributed by atoms with Crippen LogP contribution in [-0.4, -0.2) is 39.9 Å². The number of hydrogen-bond donors (Lipinski definition) is 1. The number of rotatable bonds is 7. The summed E-state index contributed by atoms with van der Waals surface area (Å²) >= 11 is 1.36. The second kappa shape index (κ2) is 8.63. The van der Waals surface area contributed by atoms with Crippen molar-refractivity contribution in [3.63, 3.8) is 0 Å². The highest BCUT2D eigenvalue weighted by atomic mass is 32.1. The van der Waals surface area contributed by atoms with Crippen LogP contribution >= 0.6 is 11.3 Å². The highest BCUT2D eigenvalue weighted by molar-refractivity contribution is 7.22. The van der Waals surface area contributed by atoms with Crippen LogP contribution in [0.1, 0.15) is 58.8 Å². The molecule has 7 nitrogen and oxygen atoms in total. The molecule has 3 fully saturated rings. The van der Waals surface area contributed by atoms with Gasteiger partial charge in [0.15, 0.2) is 10.9 Å². The van der Waals surface area contributed by atoms with Gasteiger partial charge in [0.2, 0.25) is 0 Å². The maximum Gasteiger partial charge on any atom is 0.335 e. The van der Waals surface area contributed by atoms with Crippen molar-refractivity contribution in [1.82, 2.24) is 10.1 Å². The van der Waals surface area contributed by atoms with Gasteiger partial charge in [-0.2, -0.15) is 0 Å². The number of ether oxygens (including phenoxy) is 1. The Balaban J connectivity index is 1.07. The number of thiazole rings is 1. The molecule has 0 amide bonds. The second-order valence-electron chi connectivity index (χ2n) is 10.5. The van der Waals surface area contributed by atoms with Gasteiger partial charge in [0.25, 0.3) is 0 Å². The predicted octanol–water partition coefficient (Wildman–Crippen LogP) is 6.16. The average Bonchev–Trinajstić information content (AvgIpc) is 3.23. The van der Waals surface area contributed by atoms with E-state index in [1.54, 1.807) is 0 Å². The van der Waals surface area contributed by atoms with E-state index in [4.69, 9.17) is 9.26 Å². The molecule has 1 aliphatic heterocycles. The lowest BCUT2D eigenvalue weighted by Gasteiger charge is -2.31. The number of nitrogens with zero attached hydrogens (tertiary/aromatic N) is 3. The van der Waals surface area contributed by atoms with Gasteiger partial charge in [0.1, 0.15) is 17.0 Å². The van der Waals surface area contributed by atoms with Crippen molar-refractivity contribution < 1.29 is 23.6 Å². The molecule has 1 saturated heterocycles.